The van der Waals surface area contributed by atoms with Gasteiger partial charge in [0.05, 0.1) is 0 Å². The Hall–Kier alpha value is -1.13. The van der Waals surface area contributed by atoms with E-state index < -0.39 is 17.9 Å². The van der Waals surface area contributed by atoms with Crippen molar-refractivity contribution in [2.75, 3.05) is 0 Å². The van der Waals surface area contributed by atoms with Crippen molar-refractivity contribution >= 4 is 0 Å². The molecule has 0 aromatic heterocycles. The summed E-state index contributed by atoms with van der Waals surface area (Å²) >= 11 is 0. The van der Waals surface area contributed by atoms with Crippen LogP contribution in [0.3, 0.4) is 0 Å². The Morgan fingerprint density at radius 1 is 1.42 bits per heavy atom. The fraction of sp³-hybridized carbons (Fsp3) is 0.429. The zero-order valence-corrected chi connectivity index (χ0v) is 6.06. The first kappa shape index (κ1) is 8.96. The summed E-state index contributed by atoms with van der Waals surface area (Å²) in [6.07, 6.45) is -1.39. The number of hydrogen-bond donors (Lipinski definition) is 1. The molecule has 0 saturated heterocycles. The molecular formula is C7H7F3O2. The molecule has 12 heavy (non-hydrogen) atoms. The first-order chi connectivity index (χ1) is 5.49. The molecule has 0 spiro atoms. The van der Waals surface area contributed by atoms with Gasteiger partial charge in [-0.25, -0.2) is 0 Å². The van der Waals surface area contributed by atoms with Crippen molar-refractivity contribution < 1.29 is 23.0 Å². The molecule has 2 nitrogen and oxygen atoms in total. The first-order valence-electron chi connectivity index (χ1n) is 3.33. The lowest BCUT2D eigenvalue weighted by atomic mass is 10.1. The highest BCUT2D eigenvalue weighted by molar-refractivity contribution is 5.19. The van der Waals surface area contributed by atoms with Crippen molar-refractivity contribution in [2.45, 2.75) is 19.2 Å². The lowest BCUT2D eigenvalue weighted by molar-refractivity contribution is -0.307. The molecule has 1 aliphatic rings. The number of aliphatic hydroxyl groups is 1. The molecule has 0 atom stereocenters. The SMILES string of the molecule is OC1=C(OC(F)(F)F)CCC=C1. The molecule has 0 aromatic carbocycles. The van der Waals surface area contributed by atoms with Gasteiger partial charge in [-0.15, -0.1) is 13.2 Å². The number of halogens is 3. The number of hydrogen-bond acceptors (Lipinski definition) is 2. The second kappa shape index (κ2) is 3.08. The van der Waals surface area contributed by atoms with Gasteiger partial charge in [-0.2, -0.15) is 0 Å². The minimum atomic E-state index is -4.71. The van der Waals surface area contributed by atoms with Crippen LogP contribution in [0.15, 0.2) is 23.7 Å². The number of alkyl halides is 3. The highest BCUT2D eigenvalue weighted by Gasteiger charge is 2.33. The topological polar surface area (TPSA) is 29.5 Å². The van der Waals surface area contributed by atoms with Crippen LogP contribution in [0.1, 0.15) is 12.8 Å². The summed E-state index contributed by atoms with van der Waals surface area (Å²) in [5.41, 5.74) is 0. The number of rotatable bonds is 1. The van der Waals surface area contributed by atoms with Crippen LogP contribution in [-0.4, -0.2) is 11.5 Å². The van der Waals surface area contributed by atoms with E-state index in [0.717, 1.165) is 0 Å². The first-order valence-corrected chi connectivity index (χ1v) is 3.33. The predicted octanol–water partition coefficient (Wildman–Crippen LogP) is 2.64. The van der Waals surface area contributed by atoms with E-state index >= 15 is 0 Å². The summed E-state index contributed by atoms with van der Waals surface area (Å²) < 4.78 is 38.4. The van der Waals surface area contributed by atoms with E-state index in [9.17, 15) is 13.2 Å². The van der Waals surface area contributed by atoms with Gasteiger partial charge in [0.1, 0.15) is 5.76 Å². The van der Waals surface area contributed by atoms with E-state index in [-0.39, 0.29) is 6.42 Å². The third-order valence-electron chi connectivity index (χ3n) is 1.34. The Balaban J connectivity index is 2.68. The Kier molecular flexibility index (Phi) is 2.30. The van der Waals surface area contributed by atoms with E-state index in [4.69, 9.17) is 5.11 Å². The number of allylic oxidation sites excluding steroid dienone is 3. The van der Waals surface area contributed by atoms with E-state index in [2.05, 4.69) is 4.74 Å². The average Bonchev–Trinajstić information content (AvgIpc) is 1.91. The van der Waals surface area contributed by atoms with E-state index in [0.29, 0.717) is 6.42 Å². The molecule has 0 amide bonds. The molecule has 68 valence electrons. The van der Waals surface area contributed by atoms with Crippen LogP contribution in [0.4, 0.5) is 13.2 Å². The van der Waals surface area contributed by atoms with Gasteiger partial charge in [-0.05, 0) is 12.5 Å². The van der Waals surface area contributed by atoms with Crippen molar-refractivity contribution in [3.63, 3.8) is 0 Å². The van der Waals surface area contributed by atoms with Gasteiger partial charge in [-0.3, -0.25) is 0 Å². The highest BCUT2D eigenvalue weighted by atomic mass is 19.4. The normalized spacial score (nSPS) is 18.2. The maximum Gasteiger partial charge on any atom is 0.572 e. The second-order valence-electron chi connectivity index (χ2n) is 2.30. The van der Waals surface area contributed by atoms with Crippen LogP contribution in [0.5, 0.6) is 0 Å². The molecule has 1 aliphatic carbocycles. The largest absolute Gasteiger partial charge is 0.572 e. The standard InChI is InChI=1S/C7H7F3O2/c8-7(9,10)12-6-4-2-1-3-5(6)11/h1,3,11H,2,4H2. The van der Waals surface area contributed by atoms with E-state index in [1.807, 2.05) is 0 Å². The van der Waals surface area contributed by atoms with E-state index in [1.54, 1.807) is 6.08 Å². The van der Waals surface area contributed by atoms with Gasteiger partial charge in [0.15, 0.2) is 5.76 Å². The summed E-state index contributed by atoms with van der Waals surface area (Å²) in [5.74, 6) is -0.858. The lowest BCUT2D eigenvalue weighted by Crippen LogP contribution is -2.14. The molecule has 0 aromatic rings. The van der Waals surface area contributed by atoms with Crippen LogP contribution >= 0.6 is 0 Å². The molecule has 0 unspecified atom stereocenters. The summed E-state index contributed by atoms with van der Waals surface area (Å²) in [6.45, 7) is 0. The van der Waals surface area contributed by atoms with Gasteiger partial charge >= 0.3 is 6.36 Å². The monoisotopic (exact) mass is 180 g/mol. The quantitative estimate of drug-likeness (QED) is 0.672. The minimum Gasteiger partial charge on any atom is -0.504 e. The summed E-state index contributed by atoms with van der Waals surface area (Å²) in [5, 5.41) is 8.90. The maximum absolute atomic E-state index is 11.6. The van der Waals surface area contributed by atoms with Gasteiger partial charge in [0, 0.05) is 6.42 Å². The Morgan fingerprint density at radius 2 is 2.08 bits per heavy atom. The van der Waals surface area contributed by atoms with Crippen LogP contribution < -0.4 is 0 Å². The fourth-order valence-electron chi connectivity index (χ4n) is 0.873. The molecule has 0 radical (unpaired) electrons. The zero-order chi connectivity index (χ0) is 9.19. The Morgan fingerprint density at radius 3 is 2.58 bits per heavy atom. The van der Waals surface area contributed by atoms with Crippen molar-refractivity contribution in [2.24, 2.45) is 0 Å². The van der Waals surface area contributed by atoms with Crippen molar-refractivity contribution in [1.82, 2.24) is 0 Å². The van der Waals surface area contributed by atoms with Crippen molar-refractivity contribution in [1.29, 1.82) is 0 Å². The zero-order valence-electron chi connectivity index (χ0n) is 6.06. The number of aliphatic hydroxyl groups excluding tert-OH is 1. The van der Waals surface area contributed by atoms with Crippen molar-refractivity contribution in [3.8, 4) is 0 Å². The third kappa shape index (κ3) is 2.48. The lowest BCUT2D eigenvalue weighted by Gasteiger charge is -2.14. The maximum atomic E-state index is 11.6. The smallest absolute Gasteiger partial charge is 0.504 e. The molecule has 5 heteroatoms. The molecule has 1 N–H and O–H groups in total. The molecule has 0 fully saturated rings. The van der Waals surface area contributed by atoms with Gasteiger partial charge in [-0.1, -0.05) is 6.08 Å². The molecular weight excluding hydrogens is 173 g/mol. The molecule has 0 heterocycles. The van der Waals surface area contributed by atoms with Crippen LogP contribution in [0.2, 0.25) is 0 Å². The minimum absolute atomic E-state index is 0.0852. The van der Waals surface area contributed by atoms with Gasteiger partial charge in [0.25, 0.3) is 0 Å². The summed E-state index contributed by atoms with van der Waals surface area (Å²) in [4.78, 5) is 0. The van der Waals surface area contributed by atoms with Crippen molar-refractivity contribution in [3.05, 3.63) is 23.7 Å². The number of ether oxygens (including phenoxy) is 1. The molecule has 0 aliphatic heterocycles. The fourth-order valence-corrected chi connectivity index (χ4v) is 0.873. The predicted molar refractivity (Wildman–Crippen MR) is 35.2 cm³/mol. The summed E-state index contributed by atoms with van der Waals surface area (Å²) in [7, 11) is 0. The van der Waals surface area contributed by atoms with Crippen LogP contribution in [0.25, 0.3) is 0 Å². The molecule has 0 saturated carbocycles. The third-order valence-corrected chi connectivity index (χ3v) is 1.34. The molecule has 1 rings (SSSR count). The Labute approximate surface area is 66.9 Å². The van der Waals surface area contributed by atoms with Gasteiger partial charge < -0.3 is 9.84 Å². The summed E-state index contributed by atoms with van der Waals surface area (Å²) in [6, 6.07) is 0. The highest BCUT2D eigenvalue weighted by Crippen LogP contribution is 2.27. The molecule has 0 bridgehead atoms. The Bertz CT molecular complexity index is 227. The van der Waals surface area contributed by atoms with Gasteiger partial charge in [0.2, 0.25) is 0 Å². The van der Waals surface area contributed by atoms with E-state index in [1.165, 1.54) is 6.08 Å². The van der Waals surface area contributed by atoms with Crippen LogP contribution in [0, 0.1) is 0 Å². The second-order valence-corrected chi connectivity index (χ2v) is 2.30. The average molecular weight is 180 g/mol. The van der Waals surface area contributed by atoms with Crippen LogP contribution in [-0.2, 0) is 4.74 Å².